The van der Waals surface area contributed by atoms with Crippen LogP contribution in [0.1, 0.15) is 0 Å². The van der Waals surface area contributed by atoms with Crippen LogP contribution in [0.5, 0.6) is 0 Å². The maximum absolute atomic E-state index is 8.61. The molecule has 0 heterocycles. The zero-order valence-electron chi connectivity index (χ0n) is 2.43. The maximum atomic E-state index is 8.61. The van der Waals surface area contributed by atoms with Crippen LogP contribution in [-0.2, 0) is 3.08 Å². The number of hydrogen-bond donors (Lipinski definition) is 0. The van der Waals surface area contributed by atoms with Crippen LogP contribution < -0.4 is 6.89 Å². The van der Waals surface area contributed by atoms with E-state index in [1.807, 2.05) is 0 Å². The molecule has 0 spiro atoms. The molecule has 0 unspecified atom stereocenters. The van der Waals surface area contributed by atoms with Crippen molar-refractivity contribution in [3.63, 3.8) is 0 Å². The molecule has 0 N–H and O–H groups in total. The van der Waals surface area contributed by atoms with Crippen LogP contribution in [-0.4, -0.2) is 58.3 Å². The SMILES string of the molecule is [Ca+2].[O]=[Sn]([O-])[O-]. The van der Waals surface area contributed by atoms with Gasteiger partial charge in [0.1, 0.15) is 0 Å². The van der Waals surface area contributed by atoms with Crippen LogP contribution in [0, 0.1) is 0 Å². The van der Waals surface area contributed by atoms with Crippen LogP contribution in [0.3, 0.4) is 0 Å². The van der Waals surface area contributed by atoms with E-state index in [0.717, 1.165) is 0 Å². The van der Waals surface area contributed by atoms with E-state index >= 15 is 0 Å². The first-order valence-electron chi connectivity index (χ1n) is 0.612. The van der Waals surface area contributed by atoms with Gasteiger partial charge in [0.15, 0.2) is 0 Å². The van der Waals surface area contributed by atoms with Crippen LogP contribution in [0.15, 0.2) is 0 Å². The van der Waals surface area contributed by atoms with E-state index < -0.39 is 20.6 Å². The van der Waals surface area contributed by atoms with Crippen LogP contribution in [0.4, 0.5) is 0 Å². The third kappa shape index (κ3) is 26.1. The van der Waals surface area contributed by atoms with Crippen molar-refractivity contribution in [2.45, 2.75) is 0 Å². The standard InChI is InChI=1S/Ca.3O.Sn/q+2;;2*-1;. The molecule has 3 nitrogen and oxygen atoms in total. The molecule has 0 saturated heterocycles. The fraction of sp³-hybridized carbons (Fsp3) is 0. The molecule has 0 aromatic rings. The predicted molar refractivity (Wildman–Crippen MR) is 12.2 cm³/mol. The zero-order chi connectivity index (χ0) is 3.58. The monoisotopic (exact) mass is 208 g/mol. The molecular formula is CaO3Sn. The summed E-state index contributed by atoms with van der Waals surface area (Å²) >= 11 is -4.29. The van der Waals surface area contributed by atoms with Crippen molar-refractivity contribution >= 4 is 58.3 Å². The van der Waals surface area contributed by atoms with Crippen molar-refractivity contribution in [1.29, 1.82) is 0 Å². The van der Waals surface area contributed by atoms with Crippen molar-refractivity contribution < 1.29 is 9.96 Å². The molecule has 0 radical (unpaired) electrons. The van der Waals surface area contributed by atoms with E-state index in [1.54, 1.807) is 0 Å². The van der Waals surface area contributed by atoms with Gasteiger partial charge in [-0.2, -0.15) is 0 Å². The van der Waals surface area contributed by atoms with E-state index in [1.165, 1.54) is 0 Å². The Bertz CT molecular complexity index is 29.9. The minimum atomic E-state index is -4.29. The van der Waals surface area contributed by atoms with Crippen LogP contribution >= 0.6 is 0 Å². The Hall–Kier alpha value is 1.78. The summed E-state index contributed by atoms with van der Waals surface area (Å²) in [4.78, 5) is 0. The molecule has 0 aromatic carbocycles. The van der Waals surface area contributed by atoms with Gasteiger partial charge in [-0.15, -0.1) is 0 Å². The second kappa shape index (κ2) is 5.78. The summed E-state index contributed by atoms with van der Waals surface area (Å²) in [6.45, 7) is 0. The summed E-state index contributed by atoms with van der Waals surface area (Å²) in [5.74, 6) is 0. The average Bonchev–Trinajstić information content (AvgIpc) is 0.811. The molecule has 0 rings (SSSR count). The average molecular weight is 207 g/mol. The molecular weight excluding hydrogens is 207 g/mol. The quantitative estimate of drug-likeness (QED) is 0.391. The first-order chi connectivity index (χ1) is 1.73. The molecule has 0 fully saturated rings. The van der Waals surface area contributed by atoms with E-state index in [2.05, 4.69) is 0 Å². The Morgan fingerprint density at radius 2 is 1.40 bits per heavy atom. The fourth-order valence-corrected chi connectivity index (χ4v) is 0. The second-order valence-electron chi connectivity index (χ2n) is 0.250. The summed E-state index contributed by atoms with van der Waals surface area (Å²) in [5.41, 5.74) is 0. The van der Waals surface area contributed by atoms with Gasteiger partial charge in [0.2, 0.25) is 0 Å². The third-order valence-electron chi connectivity index (χ3n) is 0. The molecule has 0 aliphatic heterocycles. The second-order valence-corrected chi connectivity index (χ2v) is 1.68. The van der Waals surface area contributed by atoms with Crippen LogP contribution in [0.25, 0.3) is 0 Å². The predicted octanol–water partition coefficient (Wildman–Crippen LogP) is -3.26. The summed E-state index contributed by atoms with van der Waals surface area (Å²) in [6.07, 6.45) is 0. The minimum absolute atomic E-state index is 0. The van der Waals surface area contributed by atoms with Crippen molar-refractivity contribution in [2.24, 2.45) is 0 Å². The zero-order valence-corrected chi connectivity index (χ0v) is 7.49. The van der Waals surface area contributed by atoms with Gasteiger partial charge in [0, 0.05) is 0 Å². The topological polar surface area (TPSA) is 63.2 Å². The Balaban J connectivity index is 0. The molecule has 0 aliphatic rings. The third-order valence-corrected chi connectivity index (χ3v) is 0. The van der Waals surface area contributed by atoms with Crippen LogP contribution in [0.2, 0.25) is 0 Å². The van der Waals surface area contributed by atoms with Gasteiger partial charge in [-0.05, 0) is 0 Å². The van der Waals surface area contributed by atoms with E-state index in [4.69, 9.17) is 9.96 Å². The van der Waals surface area contributed by atoms with Gasteiger partial charge in [0.05, 0.1) is 0 Å². The van der Waals surface area contributed by atoms with Crippen molar-refractivity contribution in [2.75, 3.05) is 0 Å². The van der Waals surface area contributed by atoms with Gasteiger partial charge in [-0.3, -0.25) is 0 Å². The molecule has 0 aromatic heterocycles. The summed E-state index contributed by atoms with van der Waals surface area (Å²) in [6, 6.07) is 0. The Morgan fingerprint density at radius 3 is 1.40 bits per heavy atom. The normalized spacial score (nSPS) is 5.20. The summed E-state index contributed by atoms with van der Waals surface area (Å²) in [5, 5.41) is 0. The molecule has 0 amide bonds. The number of hydrogen-bond acceptors (Lipinski definition) is 3. The van der Waals surface area contributed by atoms with Crippen molar-refractivity contribution in [1.82, 2.24) is 0 Å². The van der Waals surface area contributed by atoms with Crippen molar-refractivity contribution in [3.8, 4) is 0 Å². The Morgan fingerprint density at radius 1 is 1.40 bits per heavy atom. The fourth-order valence-electron chi connectivity index (χ4n) is 0. The summed E-state index contributed by atoms with van der Waals surface area (Å²) in [7, 11) is 0. The van der Waals surface area contributed by atoms with Gasteiger partial charge < -0.3 is 0 Å². The van der Waals surface area contributed by atoms with Gasteiger partial charge in [-0.25, -0.2) is 0 Å². The molecule has 0 aliphatic carbocycles. The molecule has 0 atom stereocenters. The first-order valence-corrected chi connectivity index (χ1v) is 4.11. The van der Waals surface area contributed by atoms with E-state index in [-0.39, 0.29) is 37.7 Å². The van der Waals surface area contributed by atoms with Gasteiger partial charge in [0.25, 0.3) is 0 Å². The van der Waals surface area contributed by atoms with Gasteiger partial charge >= 0.3 is 68.3 Å². The van der Waals surface area contributed by atoms with Gasteiger partial charge in [-0.1, -0.05) is 0 Å². The molecule has 5 heteroatoms. The molecule has 5 heavy (non-hydrogen) atoms. The first kappa shape index (κ1) is 9.91. The van der Waals surface area contributed by atoms with Crippen molar-refractivity contribution in [3.05, 3.63) is 0 Å². The Labute approximate surface area is 67.2 Å². The molecule has 24 valence electrons. The molecule has 0 saturated carbocycles. The number of rotatable bonds is 0. The Kier molecular flexibility index (Phi) is 11.5. The van der Waals surface area contributed by atoms with E-state index in [0.29, 0.717) is 0 Å². The van der Waals surface area contributed by atoms with E-state index in [9.17, 15) is 0 Å². The molecule has 0 bridgehead atoms. The summed E-state index contributed by atoms with van der Waals surface area (Å²) < 4.78 is 25.8.